The van der Waals surface area contributed by atoms with Crippen molar-refractivity contribution in [1.82, 2.24) is 0 Å². The van der Waals surface area contributed by atoms with Gasteiger partial charge in [0.25, 0.3) is 6.71 Å². The largest absolute Gasteiger partial charge is 0.311 e. The van der Waals surface area contributed by atoms with Gasteiger partial charge >= 0.3 is 0 Å². The van der Waals surface area contributed by atoms with Gasteiger partial charge in [-0.1, -0.05) is 155 Å². The zero-order chi connectivity index (χ0) is 34.7. The highest BCUT2D eigenvalue weighted by Gasteiger charge is 2.43. The van der Waals surface area contributed by atoms with Crippen molar-refractivity contribution in [1.29, 1.82) is 0 Å². The minimum absolute atomic E-state index is 0.101. The summed E-state index contributed by atoms with van der Waals surface area (Å²) < 4.78 is 0. The van der Waals surface area contributed by atoms with Crippen LogP contribution in [-0.4, -0.2) is 6.71 Å². The number of benzene rings is 7. The van der Waals surface area contributed by atoms with Crippen molar-refractivity contribution in [2.24, 2.45) is 0 Å². The van der Waals surface area contributed by atoms with Crippen LogP contribution < -0.4 is 26.2 Å². The zero-order valence-electron chi connectivity index (χ0n) is 29.7. The van der Waals surface area contributed by atoms with E-state index in [0.717, 1.165) is 5.69 Å². The SMILES string of the molecule is CC(C)(c1ccccc1)c1ccc(N2c3ccccc3B3c4ccc(C(C)(C)c5ccccc5)cc4N(c4ccccc4)c4cccc2c43)cc1. The third-order valence-corrected chi connectivity index (χ3v) is 11.5. The molecule has 2 aliphatic heterocycles. The molecular formula is C48H41BN2. The average Bonchev–Trinajstić information content (AvgIpc) is 3.18. The van der Waals surface area contributed by atoms with Crippen molar-refractivity contribution >= 4 is 57.2 Å². The number of fused-ring (bicyclic) bond motifs is 4. The molecule has 0 spiro atoms. The fourth-order valence-electron chi connectivity index (χ4n) is 8.47. The minimum atomic E-state index is -0.163. The van der Waals surface area contributed by atoms with E-state index in [9.17, 15) is 0 Å². The Balaban J connectivity index is 1.23. The van der Waals surface area contributed by atoms with Gasteiger partial charge < -0.3 is 9.80 Å². The van der Waals surface area contributed by atoms with E-state index < -0.39 is 0 Å². The van der Waals surface area contributed by atoms with Gasteiger partial charge in [0.1, 0.15) is 0 Å². The molecule has 0 unspecified atom stereocenters. The Kier molecular flexibility index (Phi) is 7.29. The van der Waals surface area contributed by atoms with Crippen LogP contribution in [0.2, 0.25) is 0 Å². The third kappa shape index (κ3) is 4.94. The van der Waals surface area contributed by atoms with Gasteiger partial charge in [-0.25, -0.2) is 0 Å². The quantitative estimate of drug-likeness (QED) is 0.164. The Labute approximate surface area is 302 Å². The lowest BCUT2D eigenvalue weighted by molar-refractivity contribution is 0.641. The highest BCUT2D eigenvalue weighted by molar-refractivity contribution is 7.00. The van der Waals surface area contributed by atoms with Gasteiger partial charge in [0, 0.05) is 45.0 Å². The summed E-state index contributed by atoms with van der Waals surface area (Å²) >= 11 is 0. The number of hydrogen-bond acceptors (Lipinski definition) is 2. The van der Waals surface area contributed by atoms with Gasteiger partial charge in [-0.05, 0) is 87.2 Å². The normalized spacial score (nSPS) is 13.4. The molecule has 2 aliphatic rings. The molecule has 0 fully saturated rings. The first-order chi connectivity index (χ1) is 24.8. The summed E-state index contributed by atoms with van der Waals surface area (Å²) in [5.74, 6) is 0. The molecule has 2 nitrogen and oxygen atoms in total. The standard InChI is InChI=1S/C48H41BN2/c1-47(2,34-17-8-5-9-18-34)36-27-30-39(31-28-36)50-42-24-15-14-23-40(42)49-41-32-29-37(48(3,4)35-19-10-6-11-20-35)33-45(41)51(38-21-12-7-13-22-38)44-26-16-25-43(50)46(44)49/h5-33H,1-4H3. The summed E-state index contributed by atoms with van der Waals surface area (Å²) in [7, 11) is 0. The predicted molar refractivity (Wildman–Crippen MR) is 218 cm³/mol. The molecule has 3 heteroatoms. The Hall–Kier alpha value is -5.80. The Morgan fingerprint density at radius 3 is 1.41 bits per heavy atom. The molecule has 0 atom stereocenters. The van der Waals surface area contributed by atoms with E-state index in [4.69, 9.17) is 0 Å². The monoisotopic (exact) mass is 656 g/mol. The number of para-hydroxylation sites is 2. The van der Waals surface area contributed by atoms with Crippen molar-refractivity contribution in [3.8, 4) is 0 Å². The van der Waals surface area contributed by atoms with Crippen LogP contribution in [0.3, 0.4) is 0 Å². The van der Waals surface area contributed by atoms with E-state index in [1.165, 1.54) is 67.1 Å². The molecule has 0 N–H and O–H groups in total. The molecule has 51 heavy (non-hydrogen) atoms. The second-order valence-electron chi connectivity index (χ2n) is 15.0. The van der Waals surface area contributed by atoms with Gasteiger partial charge in [0.05, 0.1) is 0 Å². The Morgan fingerprint density at radius 1 is 0.353 bits per heavy atom. The lowest BCUT2D eigenvalue weighted by Gasteiger charge is -2.44. The molecule has 7 aromatic carbocycles. The molecule has 0 amide bonds. The third-order valence-electron chi connectivity index (χ3n) is 11.5. The highest BCUT2D eigenvalue weighted by atomic mass is 15.2. The fourth-order valence-corrected chi connectivity index (χ4v) is 8.47. The maximum Gasteiger partial charge on any atom is 0.252 e. The first kappa shape index (κ1) is 31.2. The van der Waals surface area contributed by atoms with E-state index in [1.54, 1.807) is 0 Å². The first-order valence-electron chi connectivity index (χ1n) is 18.1. The summed E-state index contributed by atoms with van der Waals surface area (Å²) in [5, 5.41) is 0. The number of rotatable bonds is 6. The predicted octanol–water partition coefficient (Wildman–Crippen LogP) is 10.4. The van der Waals surface area contributed by atoms with Crippen molar-refractivity contribution < 1.29 is 0 Å². The first-order valence-corrected chi connectivity index (χ1v) is 18.1. The molecular weight excluding hydrogens is 615 g/mol. The van der Waals surface area contributed by atoms with Crippen LogP contribution in [0, 0.1) is 0 Å². The van der Waals surface area contributed by atoms with Crippen LogP contribution in [0.5, 0.6) is 0 Å². The van der Waals surface area contributed by atoms with Gasteiger partial charge in [-0.3, -0.25) is 0 Å². The number of nitrogens with zero attached hydrogens (tertiary/aromatic N) is 2. The molecule has 2 heterocycles. The molecule has 0 aliphatic carbocycles. The lowest BCUT2D eigenvalue weighted by atomic mass is 9.33. The minimum Gasteiger partial charge on any atom is -0.311 e. The highest BCUT2D eigenvalue weighted by Crippen LogP contribution is 2.45. The van der Waals surface area contributed by atoms with Gasteiger partial charge in [0.2, 0.25) is 0 Å². The van der Waals surface area contributed by atoms with E-state index in [-0.39, 0.29) is 17.5 Å². The molecule has 0 radical (unpaired) electrons. The van der Waals surface area contributed by atoms with Crippen molar-refractivity contribution in [3.05, 3.63) is 198 Å². The van der Waals surface area contributed by atoms with Crippen molar-refractivity contribution in [3.63, 3.8) is 0 Å². The van der Waals surface area contributed by atoms with Gasteiger partial charge in [-0.2, -0.15) is 0 Å². The van der Waals surface area contributed by atoms with Crippen LogP contribution in [0.25, 0.3) is 0 Å². The number of hydrogen-bond donors (Lipinski definition) is 0. The molecule has 0 saturated heterocycles. The second-order valence-corrected chi connectivity index (χ2v) is 15.0. The van der Waals surface area contributed by atoms with Crippen LogP contribution in [-0.2, 0) is 10.8 Å². The topological polar surface area (TPSA) is 6.48 Å². The summed E-state index contributed by atoms with van der Waals surface area (Å²) in [6.45, 7) is 9.41. The summed E-state index contributed by atoms with van der Waals surface area (Å²) in [6.07, 6.45) is 0. The maximum atomic E-state index is 2.49. The second kappa shape index (κ2) is 11.9. The summed E-state index contributed by atoms with van der Waals surface area (Å²) in [4.78, 5) is 4.97. The van der Waals surface area contributed by atoms with E-state index in [1.807, 2.05) is 0 Å². The Bertz CT molecular complexity index is 2360. The van der Waals surface area contributed by atoms with Crippen LogP contribution in [0.4, 0.5) is 34.1 Å². The van der Waals surface area contributed by atoms with Crippen LogP contribution in [0.15, 0.2) is 176 Å². The molecule has 246 valence electrons. The molecule has 0 aromatic heterocycles. The summed E-state index contributed by atoms with van der Waals surface area (Å²) in [5.41, 5.74) is 16.2. The Morgan fingerprint density at radius 2 is 0.784 bits per heavy atom. The number of anilines is 6. The molecule has 0 bridgehead atoms. The maximum absolute atomic E-state index is 2.49. The van der Waals surface area contributed by atoms with E-state index >= 15 is 0 Å². The summed E-state index contributed by atoms with van der Waals surface area (Å²) in [6, 6.07) is 64.9. The van der Waals surface area contributed by atoms with E-state index in [0.29, 0.717) is 0 Å². The van der Waals surface area contributed by atoms with Crippen LogP contribution in [0.1, 0.15) is 49.9 Å². The van der Waals surface area contributed by atoms with E-state index in [2.05, 4.69) is 213 Å². The van der Waals surface area contributed by atoms with Gasteiger partial charge in [-0.15, -0.1) is 0 Å². The molecule has 9 rings (SSSR count). The molecule has 7 aromatic rings. The van der Waals surface area contributed by atoms with Crippen molar-refractivity contribution in [2.45, 2.75) is 38.5 Å². The average molecular weight is 657 g/mol. The molecule has 0 saturated carbocycles. The zero-order valence-corrected chi connectivity index (χ0v) is 29.7. The smallest absolute Gasteiger partial charge is 0.252 e. The van der Waals surface area contributed by atoms with Crippen LogP contribution >= 0.6 is 0 Å². The fraction of sp³-hybridized carbons (Fsp3) is 0.125. The lowest BCUT2D eigenvalue weighted by Crippen LogP contribution is -2.61. The van der Waals surface area contributed by atoms with Gasteiger partial charge in [0.15, 0.2) is 0 Å². The van der Waals surface area contributed by atoms with Crippen molar-refractivity contribution in [2.75, 3.05) is 9.80 Å².